The van der Waals surface area contributed by atoms with Crippen molar-refractivity contribution in [1.82, 2.24) is 9.78 Å². The lowest BCUT2D eigenvalue weighted by Gasteiger charge is -2.27. The molecule has 2 N–H and O–H groups in total. The molecule has 0 amide bonds. The summed E-state index contributed by atoms with van der Waals surface area (Å²) >= 11 is 0. The standard InChI is InChI=1S/C22H39N4O4/c1-17-13-25(14-18(2)30-17)15-19-5-7-20(8-6-19)26-16-21(23)22(24-26)29-10-4-9-28-12-11-27-3/h15-20H,4-14,23H2,1-3H3/q+1/t17-,18+,19?,20?. The van der Waals surface area contributed by atoms with E-state index < -0.39 is 0 Å². The molecule has 0 bridgehead atoms. The van der Waals surface area contributed by atoms with Crippen molar-refractivity contribution in [1.29, 1.82) is 0 Å². The van der Waals surface area contributed by atoms with Crippen LogP contribution in [-0.4, -0.2) is 79.4 Å². The Morgan fingerprint density at radius 2 is 1.87 bits per heavy atom. The molecule has 30 heavy (non-hydrogen) atoms. The summed E-state index contributed by atoms with van der Waals surface area (Å²) in [5, 5.41) is 4.61. The summed E-state index contributed by atoms with van der Waals surface area (Å²) < 4.78 is 26.5. The monoisotopic (exact) mass is 423 g/mol. The number of aromatic nitrogens is 2. The Morgan fingerprint density at radius 1 is 1.13 bits per heavy atom. The lowest BCUT2D eigenvalue weighted by Crippen LogP contribution is -2.41. The van der Waals surface area contributed by atoms with Crippen LogP contribution in [0.3, 0.4) is 0 Å². The number of methoxy groups -OCH3 is 1. The number of nitrogen functional groups attached to an aromatic ring is 1. The third kappa shape index (κ3) is 6.96. The average molecular weight is 424 g/mol. The van der Waals surface area contributed by atoms with Crippen molar-refractivity contribution in [3.8, 4) is 5.88 Å². The van der Waals surface area contributed by atoms with Crippen molar-refractivity contribution in [3.63, 3.8) is 0 Å². The van der Waals surface area contributed by atoms with Gasteiger partial charge in [0.05, 0.1) is 32.1 Å². The predicted octanol–water partition coefficient (Wildman–Crippen LogP) is 2.52. The Bertz CT molecular complexity index is 658. The molecule has 1 saturated carbocycles. The molecular formula is C22H39N4O4+. The van der Waals surface area contributed by atoms with Gasteiger partial charge in [0.15, 0.2) is 13.1 Å². The molecule has 2 fully saturated rings. The highest BCUT2D eigenvalue weighted by atomic mass is 16.5. The Kier molecular flexibility index (Phi) is 8.96. The lowest BCUT2D eigenvalue weighted by atomic mass is 9.86. The first-order valence-electron chi connectivity index (χ1n) is 11.3. The van der Waals surface area contributed by atoms with Crippen LogP contribution in [0.15, 0.2) is 6.20 Å². The van der Waals surface area contributed by atoms with Gasteiger partial charge in [0.2, 0.25) is 0 Å². The van der Waals surface area contributed by atoms with Gasteiger partial charge >= 0.3 is 0 Å². The number of anilines is 1. The SMILES string of the molecule is COCCOCCCOc1nn(C2CCC(C=[N+]3C[C@@H](C)O[C@@H](C)C3)CC2)cc1N. The second-order valence-corrected chi connectivity index (χ2v) is 8.61. The molecule has 0 unspecified atom stereocenters. The van der Waals surface area contributed by atoms with Crippen molar-refractivity contribution in [2.75, 3.05) is 52.4 Å². The molecule has 2 atom stereocenters. The molecule has 8 nitrogen and oxygen atoms in total. The van der Waals surface area contributed by atoms with Crippen molar-refractivity contribution < 1.29 is 23.5 Å². The largest absolute Gasteiger partial charge is 0.475 e. The minimum Gasteiger partial charge on any atom is -0.475 e. The van der Waals surface area contributed by atoms with Crippen LogP contribution in [0.25, 0.3) is 0 Å². The quantitative estimate of drug-likeness (QED) is 0.460. The fraction of sp³-hybridized carbons (Fsp3) is 0.818. The zero-order chi connectivity index (χ0) is 21.3. The van der Waals surface area contributed by atoms with E-state index in [1.807, 2.05) is 10.9 Å². The maximum absolute atomic E-state index is 6.12. The van der Waals surface area contributed by atoms with Crippen LogP contribution < -0.4 is 10.5 Å². The van der Waals surface area contributed by atoms with E-state index in [-0.39, 0.29) is 0 Å². The molecule has 3 rings (SSSR count). The maximum Gasteiger partial charge on any atom is 0.256 e. The highest BCUT2D eigenvalue weighted by Crippen LogP contribution is 2.33. The second kappa shape index (κ2) is 11.7. The summed E-state index contributed by atoms with van der Waals surface area (Å²) in [5.74, 6) is 1.18. The fourth-order valence-corrected chi connectivity index (χ4v) is 4.42. The Labute approximate surface area is 180 Å². The van der Waals surface area contributed by atoms with E-state index in [4.69, 9.17) is 24.7 Å². The second-order valence-electron chi connectivity index (χ2n) is 8.61. The van der Waals surface area contributed by atoms with Gasteiger partial charge in [-0.05, 0) is 39.5 Å². The topological polar surface area (TPSA) is 83.8 Å². The van der Waals surface area contributed by atoms with Crippen LogP contribution in [0.5, 0.6) is 5.88 Å². The molecule has 1 aliphatic carbocycles. The van der Waals surface area contributed by atoms with E-state index in [1.165, 1.54) is 12.8 Å². The summed E-state index contributed by atoms with van der Waals surface area (Å²) in [6.07, 6.45) is 10.4. The maximum atomic E-state index is 6.12. The first-order chi connectivity index (χ1) is 14.5. The number of nitrogens with zero attached hydrogens (tertiary/aromatic N) is 3. The molecule has 1 aliphatic heterocycles. The Hall–Kier alpha value is -1.64. The fourth-order valence-electron chi connectivity index (χ4n) is 4.42. The van der Waals surface area contributed by atoms with Crippen LogP contribution in [0.2, 0.25) is 0 Å². The van der Waals surface area contributed by atoms with Crippen molar-refractivity contribution in [2.45, 2.75) is 64.2 Å². The molecule has 2 heterocycles. The van der Waals surface area contributed by atoms with Crippen LogP contribution in [0.4, 0.5) is 5.69 Å². The van der Waals surface area contributed by atoms with Crippen molar-refractivity contribution >= 4 is 11.9 Å². The number of ether oxygens (including phenoxy) is 4. The number of hydrogen-bond donors (Lipinski definition) is 1. The number of morpholine rings is 1. The highest BCUT2D eigenvalue weighted by molar-refractivity contribution is 5.55. The average Bonchev–Trinajstić information content (AvgIpc) is 3.08. The number of nitrogens with two attached hydrogens (primary N) is 1. The molecule has 170 valence electrons. The van der Waals surface area contributed by atoms with Gasteiger partial charge in [0, 0.05) is 26.1 Å². The molecular weight excluding hydrogens is 384 g/mol. The summed E-state index contributed by atoms with van der Waals surface area (Å²) in [7, 11) is 1.67. The first kappa shape index (κ1) is 23.0. The third-order valence-electron chi connectivity index (χ3n) is 5.81. The normalized spacial score (nSPS) is 28.7. The molecule has 0 spiro atoms. The van der Waals surface area contributed by atoms with Crippen LogP contribution in [0, 0.1) is 5.92 Å². The van der Waals surface area contributed by atoms with Gasteiger partial charge in [-0.2, -0.15) is 0 Å². The van der Waals surface area contributed by atoms with Gasteiger partial charge in [-0.3, -0.25) is 4.68 Å². The molecule has 2 aliphatic rings. The highest BCUT2D eigenvalue weighted by Gasteiger charge is 2.28. The minimum absolute atomic E-state index is 0.309. The number of hydrogen-bond acceptors (Lipinski definition) is 6. The molecule has 1 saturated heterocycles. The van der Waals surface area contributed by atoms with Gasteiger partial charge in [-0.15, -0.1) is 5.10 Å². The van der Waals surface area contributed by atoms with E-state index in [0.717, 1.165) is 32.4 Å². The van der Waals surface area contributed by atoms with Crippen molar-refractivity contribution in [2.24, 2.45) is 5.92 Å². The summed E-state index contributed by atoms with van der Waals surface area (Å²) in [6.45, 7) is 8.72. The molecule has 1 aromatic rings. The molecule has 8 heteroatoms. The van der Waals surface area contributed by atoms with Crippen molar-refractivity contribution in [3.05, 3.63) is 6.20 Å². The van der Waals surface area contributed by atoms with E-state index in [1.54, 1.807) is 7.11 Å². The van der Waals surface area contributed by atoms with E-state index in [0.29, 0.717) is 62.2 Å². The Balaban J connectivity index is 1.42. The number of rotatable bonds is 10. The predicted molar refractivity (Wildman–Crippen MR) is 117 cm³/mol. The van der Waals surface area contributed by atoms with Gasteiger partial charge in [-0.1, -0.05) is 0 Å². The van der Waals surface area contributed by atoms with E-state index in [2.05, 4.69) is 29.7 Å². The smallest absolute Gasteiger partial charge is 0.256 e. The van der Waals surface area contributed by atoms with Gasteiger partial charge in [-0.25, -0.2) is 4.58 Å². The summed E-state index contributed by atoms with van der Waals surface area (Å²) in [4.78, 5) is 0. The first-order valence-corrected chi connectivity index (χ1v) is 11.3. The van der Waals surface area contributed by atoms with Gasteiger partial charge in [0.1, 0.15) is 24.1 Å². The van der Waals surface area contributed by atoms with Crippen LogP contribution in [-0.2, 0) is 14.2 Å². The van der Waals surface area contributed by atoms with E-state index >= 15 is 0 Å². The molecule has 1 aromatic heterocycles. The molecule has 0 aromatic carbocycles. The zero-order valence-electron chi connectivity index (χ0n) is 18.8. The van der Waals surface area contributed by atoms with Crippen LogP contribution in [0.1, 0.15) is 52.0 Å². The van der Waals surface area contributed by atoms with Crippen LogP contribution >= 0.6 is 0 Å². The van der Waals surface area contributed by atoms with Gasteiger partial charge in [0.25, 0.3) is 5.88 Å². The third-order valence-corrected chi connectivity index (χ3v) is 5.81. The van der Waals surface area contributed by atoms with Gasteiger partial charge < -0.3 is 24.7 Å². The molecule has 0 radical (unpaired) electrons. The minimum atomic E-state index is 0.309. The zero-order valence-corrected chi connectivity index (χ0v) is 18.8. The summed E-state index contributed by atoms with van der Waals surface area (Å²) in [5.41, 5.74) is 6.74. The van der Waals surface area contributed by atoms with E-state index in [9.17, 15) is 0 Å². The summed E-state index contributed by atoms with van der Waals surface area (Å²) in [6, 6.07) is 0.397. The Morgan fingerprint density at radius 3 is 2.57 bits per heavy atom. The lowest BCUT2D eigenvalue weighted by molar-refractivity contribution is -0.564.